The lowest BCUT2D eigenvalue weighted by atomic mass is 9.74. The molecular formula is C35H48N4O7. The van der Waals surface area contributed by atoms with Crippen molar-refractivity contribution in [2.24, 2.45) is 11.8 Å². The van der Waals surface area contributed by atoms with Crippen LogP contribution >= 0.6 is 0 Å². The highest BCUT2D eigenvalue weighted by molar-refractivity contribution is 6.05. The number of likely N-dealkylation sites (tertiary alicyclic amines) is 1. The van der Waals surface area contributed by atoms with Crippen molar-refractivity contribution in [2.75, 3.05) is 49.1 Å². The molecule has 46 heavy (non-hydrogen) atoms. The molecular weight excluding hydrogens is 588 g/mol. The van der Waals surface area contributed by atoms with E-state index < -0.39 is 41.7 Å². The quantitative estimate of drug-likeness (QED) is 0.228. The van der Waals surface area contributed by atoms with E-state index in [2.05, 4.69) is 24.1 Å². The van der Waals surface area contributed by atoms with E-state index in [1.807, 2.05) is 42.5 Å². The number of benzene rings is 1. The number of hydrogen-bond donors (Lipinski definition) is 2. The van der Waals surface area contributed by atoms with E-state index in [9.17, 15) is 24.3 Å². The standard InChI is InChI=1S/C35H48N4O7/c1-4-37(5-2)25-14-16-26(17-15-25)38-20-11-8-9-13-28(41)36-23-24(3)45-34(44)29-27-18-19-35(46-27)30(29)32(42)39(31(35)33(38)43)21-10-6-7-12-22-40/h8,11,14-19,24,27,29-31,40H,4-7,9-10,12-13,20-23H2,1-3H3,(H,36,41)/b11-8-/t24-,27+,29-,30-,31+,35-/m1/s1. The molecule has 11 nitrogen and oxygen atoms in total. The van der Waals surface area contributed by atoms with Crippen molar-refractivity contribution < 1.29 is 33.8 Å². The number of amides is 3. The number of anilines is 2. The van der Waals surface area contributed by atoms with Crippen molar-refractivity contribution in [3.05, 3.63) is 48.6 Å². The third-order valence-corrected chi connectivity index (χ3v) is 9.64. The molecule has 2 N–H and O–H groups in total. The molecule has 1 aromatic carbocycles. The Morgan fingerprint density at radius 2 is 1.74 bits per heavy atom. The topological polar surface area (TPSA) is 129 Å². The minimum Gasteiger partial charge on any atom is -0.460 e. The number of rotatable bonds is 10. The number of hydrogen-bond acceptors (Lipinski definition) is 8. The highest BCUT2D eigenvalue weighted by Gasteiger charge is 2.73. The average Bonchev–Trinajstić information content (AvgIpc) is 3.69. The minimum atomic E-state index is -1.30. The van der Waals surface area contributed by atoms with Gasteiger partial charge in [0.1, 0.15) is 23.7 Å². The van der Waals surface area contributed by atoms with Crippen molar-refractivity contribution in [3.63, 3.8) is 0 Å². The van der Waals surface area contributed by atoms with Gasteiger partial charge in [0.25, 0.3) is 5.91 Å². The Kier molecular flexibility index (Phi) is 10.8. The van der Waals surface area contributed by atoms with Crippen LogP contribution in [0.3, 0.4) is 0 Å². The van der Waals surface area contributed by atoms with Crippen molar-refractivity contribution >= 4 is 35.1 Å². The Balaban J connectivity index is 1.54. The lowest BCUT2D eigenvalue weighted by molar-refractivity contribution is -0.158. The minimum absolute atomic E-state index is 0.108. The van der Waals surface area contributed by atoms with Crippen LogP contribution in [0.5, 0.6) is 0 Å². The maximum absolute atomic E-state index is 14.9. The summed E-state index contributed by atoms with van der Waals surface area (Å²) in [6.07, 6.45) is 9.73. The zero-order chi connectivity index (χ0) is 32.8. The molecule has 0 unspecified atom stereocenters. The molecule has 2 fully saturated rings. The number of ether oxygens (including phenoxy) is 2. The van der Waals surface area contributed by atoms with Crippen molar-refractivity contribution in [1.82, 2.24) is 10.2 Å². The first-order valence-electron chi connectivity index (χ1n) is 16.8. The summed E-state index contributed by atoms with van der Waals surface area (Å²) in [6, 6.07) is 6.86. The summed E-state index contributed by atoms with van der Waals surface area (Å²) < 4.78 is 12.3. The van der Waals surface area contributed by atoms with Crippen LogP contribution in [0.25, 0.3) is 0 Å². The molecule has 0 radical (unpaired) electrons. The average molecular weight is 637 g/mol. The predicted molar refractivity (Wildman–Crippen MR) is 174 cm³/mol. The van der Waals surface area contributed by atoms with E-state index in [0.29, 0.717) is 31.5 Å². The van der Waals surface area contributed by atoms with Gasteiger partial charge in [-0.3, -0.25) is 19.2 Å². The molecule has 5 rings (SSSR count). The first-order chi connectivity index (χ1) is 22.2. The number of nitrogens with one attached hydrogen (secondary N) is 1. The van der Waals surface area contributed by atoms with Crippen LogP contribution in [0.1, 0.15) is 59.3 Å². The van der Waals surface area contributed by atoms with Crippen LogP contribution in [0.2, 0.25) is 0 Å². The molecule has 0 aromatic heterocycles. The van der Waals surface area contributed by atoms with Crippen LogP contribution in [0.15, 0.2) is 48.6 Å². The number of carbonyl (C=O) groups is 4. The summed E-state index contributed by atoms with van der Waals surface area (Å²) in [5, 5.41) is 12.1. The number of esters is 1. The van der Waals surface area contributed by atoms with Crippen molar-refractivity contribution in [3.8, 4) is 0 Å². The number of allylic oxidation sites excluding steroid dienone is 1. The lowest BCUT2D eigenvalue weighted by Gasteiger charge is -2.36. The smallest absolute Gasteiger partial charge is 0.313 e. The first-order valence-corrected chi connectivity index (χ1v) is 16.8. The zero-order valence-electron chi connectivity index (χ0n) is 27.2. The van der Waals surface area contributed by atoms with E-state index in [0.717, 1.165) is 31.6 Å². The van der Waals surface area contributed by atoms with Crippen molar-refractivity contribution in [1.29, 1.82) is 0 Å². The number of cyclic esters (lactones) is 1. The van der Waals surface area contributed by atoms with Gasteiger partial charge in [0.2, 0.25) is 11.8 Å². The molecule has 4 heterocycles. The second-order valence-corrected chi connectivity index (χ2v) is 12.6. The van der Waals surface area contributed by atoms with Crippen molar-refractivity contribution in [2.45, 2.75) is 83.1 Å². The third-order valence-electron chi connectivity index (χ3n) is 9.64. The molecule has 0 saturated carbocycles. The summed E-state index contributed by atoms with van der Waals surface area (Å²) in [6.45, 7) is 8.42. The molecule has 0 aliphatic carbocycles. The summed E-state index contributed by atoms with van der Waals surface area (Å²) >= 11 is 0. The SMILES string of the molecule is CCN(CC)c1ccc(N2C/C=C\CCC(=O)NC[C@@H](C)OC(=O)[C@@H]3[C@@H]4C=C[C@]5(O4)[C@H](C2=O)N(CCCCCCO)C(=O)[C@@H]35)cc1. The lowest BCUT2D eigenvalue weighted by Crippen LogP contribution is -2.56. The normalized spacial score (nSPS) is 30.4. The summed E-state index contributed by atoms with van der Waals surface area (Å²) in [4.78, 5) is 60.8. The Hall–Kier alpha value is -3.70. The molecule has 4 aliphatic rings. The van der Waals surface area contributed by atoms with Gasteiger partial charge in [0, 0.05) is 50.6 Å². The molecule has 1 spiro atoms. The molecule has 11 heteroatoms. The fourth-order valence-electron chi connectivity index (χ4n) is 7.28. The van der Waals surface area contributed by atoms with Gasteiger partial charge in [0.05, 0.1) is 18.6 Å². The number of nitrogens with zero attached hydrogens (tertiary/aromatic N) is 3. The monoisotopic (exact) mass is 636 g/mol. The Morgan fingerprint density at radius 1 is 1.00 bits per heavy atom. The van der Waals surface area contributed by atoms with Gasteiger partial charge in [-0.2, -0.15) is 0 Å². The van der Waals surface area contributed by atoms with Gasteiger partial charge in [-0.05, 0) is 64.3 Å². The molecule has 2 saturated heterocycles. The molecule has 5 bridgehead atoms. The maximum Gasteiger partial charge on any atom is 0.313 e. The van der Waals surface area contributed by atoms with E-state index in [1.54, 1.807) is 22.8 Å². The van der Waals surface area contributed by atoms with E-state index in [4.69, 9.17) is 9.47 Å². The zero-order valence-corrected chi connectivity index (χ0v) is 27.2. The number of unbranched alkanes of at least 4 members (excludes halogenated alkanes) is 3. The highest BCUT2D eigenvalue weighted by atomic mass is 16.6. The van der Waals surface area contributed by atoms with Gasteiger partial charge in [-0.15, -0.1) is 0 Å². The van der Waals surface area contributed by atoms with Gasteiger partial charge < -0.3 is 34.6 Å². The summed E-state index contributed by atoms with van der Waals surface area (Å²) in [7, 11) is 0. The Bertz CT molecular complexity index is 1330. The number of aliphatic hydroxyl groups is 1. The number of aliphatic hydroxyl groups excluding tert-OH is 1. The summed E-state index contributed by atoms with van der Waals surface area (Å²) in [5.41, 5.74) is 0.420. The van der Waals surface area contributed by atoms with Gasteiger partial charge in [-0.25, -0.2) is 0 Å². The second-order valence-electron chi connectivity index (χ2n) is 12.6. The van der Waals surface area contributed by atoms with Crippen LogP contribution < -0.4 is 15.1 Å². The second kappa shape index (κ2) is 14.8. The Morgan fingerprint density at radius 3 is 2.46 bits per heavy atom. The van der Waals surface area contributed by atoms with E-state index in [-0.39, 0.29) is 43.8 Å². The van der Waals surface area contributed by atoms with Gasteiger partial charge in [-0.1, -0.05) is 37.1 Å². The van der Waals surface area contributed by atoms with Crippen LogP contribution in [-0.2, 0) is 28.7 Å². The third kappa shape index (κ3) is 6.57. The Labute approximate surface area is 271 Å². The fourth-order valence-corrected chi connectivity index (χ4v) is 7.28. The highest BCUT2D eigenvalue weighted by Crippen LogP contribution is 2.55. The van der Waals surface area contributed by atoms with E-state index in [1.165, 1.54) is 0 Å². The number of fused-ring (bicyclic) bond motifs is 2. The van der Waals surface area contributed by atoms with Crippen LogP contribution in [0.4, 0.5) is 11.4 Å². The van der Waals surface area contributed by atoms with E-state index >= 15 is 0 Å². The van der Waals surface area contributed by atoms with Gasteiger partial charge in [0.15, 0.2) is 0 Å². The maximum atomic E-state index is 14.9. The fraction of sp³-hybridized carbons (Fsp3) is 0.600. The first kappa shape index (κ1) is 33.7. The molecule has 250 valence electrons. The molecule has 4 aliphatic heterocycles. The summed E-state index contributed by atoms with van der Waals surface area (Å²) in [5.74, 6) is -3.11. The van der Waals surface area contributed by atoms with Crippen LogP contribution in [-0.4, -0.2) is 96.9 Å². The molecule has 6 atom stereocenters. The van der Waals surface area contributed by atoms with Gasteiger partial charge >= 0.3 is 5.97 Å². The molecule has 1 aromatic rings. The van der Waals surface area contributed by atoms with Crippen LogP contribution in [0, 0.1) is 11.8 Å². The predicted octanol–water partition coefficient (Wildman–Crippen LogP) is 2.97. The largest absolute Gasteiger partial charge is 0.460 e. The number of carbonyl (C=O) groups excluding carboxylic acids is 4. The molecule has 3 amide bonds.